The molecule has 0 spiro atoms. The van der Waals surface area contributed by atoms with E-state index in [9.17, 15) is 44.1 Å². The van der Waals surface area contributed by atoms with Gasteiger partial charge in [0.25, 0.3) is 11.1 Å². The summed E-state index contributed by atoms with van der Waals surface area (Å²) in [5.74, 6) is -0.171. The first-order chi connectivity index (χ1) is 37.4. The van der Waals surface area contributed by atoms with Gasteiger partial charge in [-0.15, -0.1) is 0 Å². The Kier molecular flexibility index (Phi) is 16.6. The van der Waals surface area contributed by atoms with Gasteiger partial charge in [0.15, 0.2) is 22.6 Å². The van der Waals surface area contributed by atoms with Gasteiger partial charge < -0.3 is 88.2 Å². The molecule has 0 saturated carbocycles. The zero-order valence-corrected chi connectivity index (χ0v) is 45.9. The molecule has 13 N–H and O–H groups in total. The number of fused-ring (bicyclic) bond motifs is 2. The van der Waals surface area contributed by atoms with E-state index in [2.05, 4.69) is 39.9 Å². The molecule has 0 aromatic carbocycles. The van der Waals surface area contributed by atoms with Gasteiger partial charge in [-0.1, -0.05) is 0 Å². The predicted octanol–water partition coefficient (Wildman–Crippen LogP) is -1.82. The van der Waals surface area contributed by atoms with Crippen molar-refractivity contribution >= 4 is 95.5 Å². The van der Waals surface area contributed by atoms with E-state index >= 15 is 0 Å². The summed E-state index contributed by atoms with van der Waals surface area (Å²) in [6.45, 7) is -13.7. The van der Waals surface area contributed by atoms with Crippen LogP contribution in [0.3, 0.4) is 0 Å². The van der Waals surface area contributed by atoms with Gasteiger partial charge in [0.1, 0.15) is 67.0 Å². The fourth-order valence-electron chi connectivity index (χ4n) is 9.23. The Morgan fingerprint density at radius 2 is 1.18 bits per heavy atom. The summed E-state index contributed by atoms with van der Waals surface area (Å²) in [5, 5.41) is 21.1. The number of nitrogen functional groups attached to an aromatic ring is 3. The molecule has 4 fully saturated rings. The van der Waals surface area contributed by atoms with Crippen molar-refractivity contribution in [3.63, 3.8) is 0 Å². The summed E-state index contributed by atoms with van der Waals surface area (Å²) < 4.78 is 64.7. The number of aromatic nitrogens is 12. The number of nitrogens with one attached hydrogen (secondary N) is 2. The number of anilines is 3. The van der Waals surface area contributed by atoms with Gasteiger partial charge in [0.05, 0.1) is 63.5 Å². The minimum Gasteiger partial charge on any atom is -0.394 e. The quantitative estimate of drug-likeness (QED) is 0.0376. The van der Waals surface area contributed by atoms with Crippen LogP contribution >= 0.6 is 20.2 Å². The third-order valence-corrected chi connectivity index (χ3v) is 17.8. The summed E-state index contributed by atoms with van der Waals surface area (Å²) in [4.78, 5) is 114. The average molecular weight is 1220 g/mol. The number of imidazole rings is 2. The maximum absolute atomic E-state index is 13.0. The van der Waals surface area contributed by atoms with Crippen LogP contribution < -0.4 is 39.7 Å². The first-order valence-corrected chi connectivity index (χ1v) is 31.4. The topological polar surface area (TPSA) is 468 Å². The second-order valence-electron chi connectivity index (χ2n) is 18.3. The summed E-state index contributed by atoms with van der Waals surface area (Å²) in [6.07, 6.45) is -7.22. The number of ether oxygens (including phenoxy) is 4. The number of H-pyrrole nitrogens is 2. The first-order valence-electron chi connectivity index (χ1n) is 23.6. The van der Waals surface area contributed by atoms with Crippen molar-refractivity contribution in [2.24, 2.45) is 0 Å². The lowest BCUT2D eigenvalue weighted by Crippen LogP contribution is -2.33. The number of nitrogens with two attached hydrogens (primary N) is 3. The van der Waals surface area contributed by atoms with Crippen LogP contribution in [0, 0.1) is 6.92 Å². The molecule has 40 heteroatoms. The van der Waals surface area contributed by atoms with Crippen molar-refractivity contribution < 1.29 is 71.0 Å². The van der Waals surface area contributed by atoms with Crippen LogP contribution in [0.4, 0.5) is 17.6 Å². The second-order valence-corrected chi connectivity index (χ2v) is 26.7. The molecule has 0 radical (unpaired) electrons. The van der Waals surface area contributed by atoms with E-state index in [4.69, 9.17) is 98.7 Å². The first kappa shape index (κ1) is 57.4. The van der Waals surface area contributed by atoms with Crippen LogP contribution in [0.25, 0.3) is 22.3 Å². The molecule has 34 nitrogen and oxygen atoms in total. The smallest absolute Gasteiger partial charge is 0.351 e. The minimum atomic E-state index is -4.41. The van der Waals surface area contributed by atoms with Crippen molar-refractivity contribution in [2.75, 3.05) is 43.6 Å². The van der Waals surface area contributed by atoms with E-state index in [1.165, 1.54) is 53.5 Å². The summed E-state index contributed by atoms with van der Waals surface area (Å²) in [5.41, 5.74) is 15.6. The molecule has 6 aromatic rings. The number of aliphatic hydroxyl groups is 2. The van der Waals surface area contributed by atoms with Crippen molar-refractivity contribution in [3.05, 3.63) is 84.7 Å². The predicted molar refractivity (Wildman–Crippen MR) is 280 cm³/mol. The van der Waals surface area contributed by atoms with E-state index in [-0.39, 0.29) is 71.2 Å². The normalized spacial score (nSPS) is 29.5. The van der Waals surface area contributed by atoms with E-state index in [1.54, 1.807) is 0 Å². The van der Waals surface area contributed by atoms with Gasteiger partial charge >= 0.3 is 31.5 Å². The van der Waals surface area contributed by atoms with E-state index in [0.717, 1.165) is 9.13 Å². The molecule has 428 valence electrons. The molecular formula is C39H50N15O19P3S3. The standard InChI is InChI=1S/C39H50N15O19P3S3/c1-16-8-52(39(60)50-35(16)57)26-4-17(56)22(68-26)10-64-74(61,77)72-19-6-27(51-3-2-25(40)47-38(51)59)69-23(19)11-66-76(63,79)73-20-7-28(53-14-45-30-32(41)43-13-44-33(30)53)70-24(20)12-65-75(62,78)71-18-5-29(67-21(18)9-55)54-15-46-31-34(54)48-37(42)49-36(31)58/h2-3,8,13-15,17-24,26-29,55-56H,4-7,9-12H2,1H3,(H,61,77)(H,62,78)(H,63,79)(H2,40,47,59)(H2,41,43,44)(H,50,57,60)(H3,42,48,49,58)/t17-,18-,19-,20-,21+,22+,23+,24+,26+,27+,28+,29+,74?,75?,76?/m0/s1. The number of aliphatic hydroxyl groups excluding tert-OH is 2. The van der Waals surface area contributed by atoms with Crippen LogP contribution in [0.5, 0.6) is 0 Å². The van der Waals surface area contributed by atoms with Gasteiger partial charge in [-0.2, -0.15) is 9.97 Å². The number of aryl methyl sites for hydroxylation is 1. The van der Waals surface area contributed by atoms with Gasteiger partial charge in [-0.3, -0.25) is 37.8 Å². The monoisotopic (exact) mass is 1220 g/mol. The Labute approximate surface area is 457 Å². The highest BCUT2D eigenvalue weighted by Crippen LogP contribution is 2.54. The fraction of sp³-hybridized carbons (Fsp3) is 0.538. The average Bonchev–Trinajstić information content (AvgIpc) is 4.47. The molecule has 10 heterocycles. The Bertz CT molecular complexity index is 3660. The largest absolute Gasteiger partial charge is 0.394 e. The van der Waals surface area contributed by atoms with E-state index < -0.39 is 143 Å². The van der Waals surface area contributed by atoms with Crippen LogP contribution in [0.1, 0.15) is 56.2 Å². The van der Waals surface area contributed by atoms with Crippen molar-refractivity contribution in [1.29, 1.82) is 0 Å². The molecule has 4 aliphatic heterocycles. The molecule has 79 heavy (non-hydrogen) atoms. The molecule has 0 aliphatic carbocycles. The van der Waals surface area contributed by atoms with Gasteiger partial charge in [0, 0.05) is 43.6 Å². The fourth-order valence-corrected chi connectivity index (χ4v) is 13.7. The highest BCUT2D eigenvalue weighted by Gasteiger charge is 2.47. The Balaban J connectivity index is 0.824. The molecule has 3 unspecified atom stereocenters. The van der Waals surface area contributed by atoms with E-state index in [1.807, 2.05) is 0 Å². The maximum Gasteiger partial charge on any atom is 0.351 e. The van der Waals surface area contributed by atoms with Crippen LogP contribution in [-0.2, 0) is 81.5 Å². The molecule has 0 amide bonds. The number of rotatable bonds is 20. The Hall–Kier alpha value is -4.79. The van der Waals surface area contributed by atoms with Crippen LogP contribution in [-0.4, -0.2) is 158 Å². The zero-order valence-electron chi connectivity index (χ0n) is 40.8. The number of hydrogen-bond acceptors (Lipinski definition) is 28. The van der Waals surface area contributed by atoms with Crippen molar-refractivity contribution in [2.45, 2.75) is 106 Å². The lowest BCUT2D eigenvalue weighted by Gasteiger charge is -2.28. The SMILES string of the molecule is Cc1cn([C@H]2C[C@H](O)[C@@H](COP(O)(=S)O[C@H]3C[C@H](n4ccc(N)nc4=O)O[C@@H]3COP(O)(=S)O[C@H]3C[C@H](n4cnc5c(N)ncnc54)O[C@@H]3COP(O)(=S)O[C@H]3C[C@H](n4cnc5c(=O)[nH]c(N)nc54)O[C@@H]3CO)O2)c(=O)[nH]c1=O. The van der Waals surface area contributed by atoms with Gasteiger partial charge in [-0.25, -0.2) is 29.5 Å². The third-order valence-electron chi connectivity index (χ3n) is 13.0. The number of aromatic amines is 2. The second kappa shape index (κ2) is 22.9. The summed E-state index contributed by atoms with van der Waals surface area (Å²) >= 11 is 16.3. The Morgan fingerprint density at radius 1 is 0.658 bits per heavy atom. The molecule has 10 rings (SSSR count). The van der Waals surface area contributed by atoms with Crippen LogP contribution in [0.15, 0.2) is 56.6 Å². The molecule has 4 aliphatic rings. The minimum absolute atomic E-state index is 0.0216. The van der Waals surface area contributed by atoms with E-state index in [0.29, 0.717) is 0 Å². The van der Waals surface area contributed by atoms with Crippen LogP contribution in [0.2, 0.25) is 0 Å². The molecule has 15 atom stereocenters. The number of nitrogens with zero attached hydrogens (tertiary/aromatic N) is 10. The zero-order chi connectivity index (χ0) is 56.3. The van der Waals surface area contributed by atoms with Gasteiger partial charge in [0.2, 0.25) is 5.95 Å². The molecule has 6 aromatic heterocycles. The summed E-state index contributed by atoms with van der Waals surface area (Å²) in [7, 11) is 0. The molecular weight excluding hydrogens is 1170 g/mol. The van der Waals surface area contributed by atoms with Gasteiger partial charge in [-0.05, 0) is 48.4 Å². The lowest BCUT2D eigenvalue weighted by atomic mass is 10.2. The lowest BCUT2D eigenvalue weighted by molar-refractivity contribution is -0.0562. The molecule has 0 bridgehead atoms. The Morgan fingerprint density at radius 3 is 1.77 bits per heavy atom. The highest BCUT2D eigenvalue weighted by molar-refractivity contribution is 8.07. The number of hydrogen-bond donors (Lipinski definition) is 10. The maximum atomic E-state index is 13.0. The van der Waals surface area contributed by atoms with Crippen molar-refractivity contribution in [1.82, 2.24) is 58.1 Å². The highest BCUT2D eigenvalue weighted by atomic mass is 32.5. The molecule has 4 saturated heterocycles. The third kappa shape index (κ3) is 12.7. The van der Waals surface area contributed by atoms with Crippen molar-refractivity contribution in [3.8, 4) is 0 Å². The summed E-state index contributed by atoms with van der Waals surface area (Å²) in [6, 6.07) is 1.34.